The molecule has 1 aromatic heterocycles. The van der Waals surface area contributed by atoms with E-state index in [-0.39, 0.29) is 5.62 Å². The quantitative estimate of drug-likeness (QED) is 0.627. The third-order valence-electron chi connectivity index (χ3n) is 2.98. The molecule has 4 N–H and O–H groups in total. The van der Waals surface area contributed by atoms with Crippen molar-refractivity contribution in [1.29, 1.82) is 0 Å². The normalized spacial score (nSPS) is 10.8. The molecule has 0 unspecified atom stereocenters. The van der Waals surface area contributed by atoms with Crippen LogP contribution in [0.1, 0.15) is 20.8 Å². The number of aromatic nitrogens is 2. The number of benzene rings is 1. The Labute approximate surface area is 117 Å². The first kappa shape index (κ1) is 14.1. The lowest BCUT2D eigenvalue weighted by Gasteiger charge is -2.12. The molecule has 2 aromatic rings. The Morgan fingerprint density at radius 2 is 1.40 bits per heavy atom. The van der Waals surface area contributed by atoms with E-state index in [1.807, 2.05) is 20.8 Å². The van der Waals surface area contributed by atoms with Crippen molar-refractivity contribution >= 4 is 22.4 Å². The maximum Gasteiger partial charge on any atom is 0.273 e. The average molecular weight is 279 g/mol. The second-order valence-corrected chi connectivity index (χ2v) is 4.35. The molecule has 0 aliphatic rings. The van der Waals surface area contributed by atoms with Gasteiger partial charge in [-0.05, 0) is 32.9 Å². The van der Waals surface area contributed by atoms with E-state index < -0.39 is 0 Å². The lowest BCUT2D eigenvalue weighted by atomic mass is 10.2. The molecule has 0 saturated carbocycles. The zero-order valence-electron chi connectivity index (χ0n) is 12.0. The Balaban J connectivity index is 2.74. The molecular formula is C13H21N5O2. The number of hydrogen-bond donors (Lipinski definition) is 4. The molecule has 0 saturated heterocycles. The van der Waals surface area contributed by atoms with Crippen LogP contribution in [0, 0.1) is 0 Å². The van der Waals surface area contributed by atoms with Crippen LogP contribution in [0.5, 0.6) is 0 Å². The SMILES string of the molecule is CCN=c1n(O)c2cc(NCC)c(NCC)cc2n1O. The number of anilines is 2. The minimum atomic E-state index is 0.110. The van der Waals surface area contributed by atoms with Crippen LogP contribution in [0.2, 0.25) is 0 Å². The first-order valence-electron chi connectivity index (χ1n) is 6.82. The Hall–Kier alpha value is -2.31. The van der Waals surface area contributed by atoms with Crippen LogP contribution in [-0.2, 0) is 0 Å². The molecule has 0 atom stereocenters. The predicted molar refractivity (Wildman–Crippen MR) is 78.7 cm³/mol. The van der Waals surface area contributed by atoms with E-state index in [0.717, 1.165) is 33.9 Å². The largest absolute Gasteiger partial charge is 0.425 e. The molecule has 1 heterocycles. The molecule has 7 heteroatoms. The highest BCUT2D eigenvalue weighted by atomic mass is 16.5. The van der Waals surface area contributed by atoms with Gasteiger partial charge >= 0.3 is 0 Å². The summed E-state index contributed by atoms with van der Waals surface area (Å²) < 4.78 is 1.80. The van der Waals surface area contributed by atoms with Gasteiger partial charge in [0.15, 0.2) is 0 Å². The molecule has 2 rings (SSSR count). The van der Waals surface area contributed by atoms with E-state index >= 15 is 0 Å². The molecule has 0 radical (unpaired) electrons. The summed E-state index contributed by atoms with van der Waals surface area (Å²) in [4.78, 5) is 4.08. The second-order valence-electron chi connectivity index (χ2n) is 4.35. The molecule has 7 nitrogen and oxygen atoms in total. The van der Waals surface area contributed by atoms with Crippen molar-refractivity contribution in [2.24, 2.45) is 4.99 Å². The zero-order chi connectivity index (χ0) is 14.7. The van der Waals surface area contributed by atoms with Crippen LogP contribution in [-0.4, -0.2) is 39.5 Å². The number of imidazole rings is 1. The molecule has 0 aliphatic heterocycles. The fourth-order valence-corrected chi connectivity index (χ4v) is 2.17. The second kappa shape index (κ2) is 5.77. The Kier molecular flexibility index (Phi) is 4.07. The summed E-state index contributed by atoms with van der Waals surface area (Å²) in [6, 6.07) is 3.58. The number of nitrogens with zero attached hydrogens (tertiary/aromatic N) is 3. The molecular weight excluding hydrogens is 258 g/mol. The Bertz CT molecular complexity index is 619. The summed E-state index contributed by atoms with van der Waals surface area (Å²) >= 11 is 0. The first-order valence-corrected chi connectivity index (χ1v) is 6.82. The average Bonchev–Trinajstić information content (AvgIpc) is 2.65. The van der Waals surface area contributed by atoms with Crippen LogP contribution in [0.25, 0.3) is 11.0 Å². The molecule has 0 amide bonds. The summed E-state index contributed by atoms with van der Waals surface area (Å²) in [5, 5.41) is 26.7. The van der Waals surface area contributed by atoms with E-state index in [1.54, 1.807) is 12.1 Å². The van der Waals surface area contributed by atoms with Crippen molar-refractivity contribution < 1.29 is 10.4 Å². The van der Waals surface area contributed by atoms with Crippen molar-refractivity contribution in [2.45, 2.75) is 20.8 Å². The van der Waals surface area contributed by atoms with Gasteiger partial charge in [0.25, 0.3) is 5.62 Å². The van der Waals surface area contributed by atoms with Crippen molar-refractivity contribution in [1.82, 2.24) is 9.46 Å². The summed E-state index contributed by atoms with van der Waals surface area (Å²) in [5.74, 6) is 0. The highest BCUT2D eigenvalue weighted by Gasteiger charge is 2.14. The van der Waals surface area contributed by atoms with Crippen molar-refractivity contribution in [3.8, 4) is 0 Å². The van der Waals surface area contributed by atoms with Crippen LogP contribution < -0.4 is 16.3 Å². The summed E-state index contributed by atoms with van der Waals surface area (Å²) in [6.45, 7) is 7.84. The predicted octanol–water partition coefficient (Wildman–Crippen LogP) is 1.70. The minimum absolute atomic E-state index is 0.110. The third kappa shape index (κ3) is 2.26. The fourth-order valence-electron chi connectivity index (χ4n) is 2.17. The summed E-state index contributed by atoms with van der Waals surface area (Å²) in [7, 11) is 0. The van der Waals surface area contributed by atoms with Gasteiger partial charge in [-0.25, -0.2) is 4.99 Å². The summed E-state index contributed by atoms with van der Waals surface area (Å²) in [5.41, 5.74) is 2.85. The minimum Gasteiger partial charge on any atom is -0.425 e. The lowest BCUT2D eigenvalue weighted by molar-refractivity contribution is 0.132. The van der Waals surface area contributed by atoms with Gasteiger partial charge in [0.2, 0.25) is 0 Å². The van der Waals surface area contributed by atoms with Crippen LogP contribution >= 0.6 is 0 Å². The standard InChI is InChI=1S/C13H21N5O2/c1-4-14-9-7-11-12(8-10(9)15-5-2)18(20)13(16-6-3)17(11)19/h7-8,14-15,19-20H,4-6H2,1-3H3. The fraction of sp³-hybridized carbons (Fsp3) is 0.462. The monoisotopic (exact) mass is 279 g/mol. The van der Waals surface area contributed by atoms with Gasteiger partial charge in [0, 0.05) is 19.6 Å². The van der Waals surface area contributed by atoms with E-state index in [4.69, 9.17) is 0 Å². The topological polar surface area (TPSA) is 86.7 Å². The van der Waals surface area contributed by atoms with E-state index in [1.165, 1.54) is 0 Å². The highest BCUT2D eigenvalue weighted by molar-refractivity contribution is 5.88. The zero-order valence-corrected chi connectivity index (χ0v) is 12.0. The molecule has 0 bridgehead atoms. The van der Waals surface area contributed by atoms with E-state index in [0.29, 0.717) is 17.6 Å². The van der Waals surface area contributed by atoms with Crippen LogP contribution in [0.4, 0.5) is 11.4 Å². The lowest BCUT2D eigenvalue weighted by Crippen LogP contribution is -2.23. The maximum absolute atomic E-state index is 10.1. The third-order valence-corrected chi connectivity index (χ3v) is 2.98. The van der Waals surface area contributed by atoms with Gasteiger partial charge in [0.05, 0.1) is 11.4 Å². The van der Waals surface area contributed by atoms with Gasteiger partial charge < -0.3 is 21.0 Å². The highest BCUT2D eigenvalue weighted by Crippen LogP contribution is 2.27. The smallest absolute Gasteiger partial charge is 0.273 e. The molecule has 110 valence electrons. The summed E-state index contributed by atoms with van der Waals surface area (Å²) in [6.07, 6.45) is 0. The first-order chi connectivity index (χ1) is 9.63. The van der Waals surface area contributed by atoms with Gasteiger partial charge in [-0.2, -0.15) is 0 Å². The van der Waals surface area contributed by atoms with Crippen LogP contribution in [0.15, 0.2) is 17.1 Å². The number of fused-ring (bicyclic) bond motifs is 1. The number of hydrogen-bond acceptors (Lipinski definition) is 5. The van der Waals surface area contributed by atoms with Gasteiger partial charge in [-0.3, -0.25) is 0 Å². The van der Waals surface area contributed by atoms with Crippen molar-refractivity contribution in [3.05, 3.63) is 17.8 Å². The van der Waals surface area contributed by atoms with Crippen LogP contribution in [0.3, 0.4) is 0 Å². The molecule has 0 fully saturated rings. The van der Waals surface area contributed by atoms with E-state index in [2.05, 4.69) is 15.6 Å². The van der Waals surface area contributed by atoms with Gasteiger partial charge in [-0.1, -0.05) is 0 Å². The number of nitrogens with one attached hydrogen (secondary N) is 2. The van der Waals surface area contributed by atoms with E-state index in [9.17, 15) is 10.4 Å². The van der Waals surface area contributed by atoms with Crippen molar-refractivity contribution in [2.75, 3.05) is 30.3 Å². The van der Waals surface area contributed by atoms with Crippen molar-refractivity contribution in [3.63, 3.8) is 0 Å². The maximum atomic E-state index is 10.1. The molecule has 20 heavy (non-hydrogen) atoms. The number of rotatable bonds is 5. The molecule has 1 aromatic carbocycles. The Morgan fingerprint density at radius 3 is 1.75 bits per heavy atom. The van der Waals surface area contributed by atoms with Gasteiger partial charge in [0.1, 0.15) is 11.0 Å². The van der Waals surface area contributed by atoms with Gasteiger partial charge in [-0.15, -0.1) is 9.46 Å². The Morgan fingerprint density at radius 1 is 0.950 bits per heavy atom. The molecule has 0 spiro atoms. The molecule has 0 aliphatic carbocycles.